The van der Waals surface area contributed by atoms with Crippen molar-refractivity contribution < 1.29 is 4.79 Å². The van der Waals surface area contributed by atoms with Gasteiger partial charge in [-0.1, -0.05) is 0 Å². The summed E-state index contributed by atoms with van der Waals surface area (Å²) in [6, 6.07) is 5.77. The van der Waals surface area contributed by atoms with Gasteiger partial charge in [0.2, 0.25) is 5.91 Å². The van der Waals surface area contributed by atoms with Crippen molar-refractivity contribution in [1.29, 1.82) is 5.26 Å². The first kappa shape index (κ1) is 17.2. The molecule has 0 atom stereocenters. The molecule has 1 aromatic heterocycles. The monoisotopic (exact) mass is 315 g/mol. The van der Waals surface area contributed by atoms with E-state index < -0.39 is 0 Å². The lowest BCUT2D eigenvalue weighted by atomic mass is 10.1. The lowest BCUT2D eigenvalue weighted by molar-refractivity contribution is -0.123. The molecule has 2 rings (SSSR count). The third-order valence-corrected chi connectivity index (χ3v) is 3.67. The van der Waals surface area contributed by atoms with E-state index in [9.17, 15) is 4.79 Å². The van der Waals surface area contributed by atoms with E-state index >= 15 is 0 Å². The standard InChI is InChI=1S/C17H25N5O/c1-17(2,3)20-16(23)13-21-7-4-8-22(10-9-21)15-6-5-14(11-18)12-19-15/h5-6,12H,4,7-10,13H2,1-3H3,(H,20,23). The number of anilines is 1. The van der Waals surface area contributed by atoms with Gasteiger partial charge in [-0.15, -0.1) is 0 Å². The van der Waals surface area contributed by atoms with Crippen molar-refractivity contribution in [1.82, 2.24) is 15.2 Å². The zero-order chi connectivity index (χ0) is 16.9. The molecule has 1 aliphatic rings. The van der Waals surface area contributed by atoms with Gasteiger partial charge in [0.25, 0.3) is 0 Å². The Kier molecular flexibility index (Phi) is 5.56. The first-order valence-electron chi connectivity index (χ1n) is 8.02. The molecule has 0 saturated carbocycles. The number of nitrogens with one attached hydrogen (secondary N) is 1. The predicted octanol–water partition coefficient (Wildman–Crippen LogP) is 1.38. The van der Waals surface area contributed by atoms with Crippen molar-refractivity contribution in [2.75, 3.05) is 37.6 Å². The summed E-state index contributed by atoms with van der Waals surface area (Å²) in [6.45, 7) is 9.90. The summed E-state index contributed by atoms with van der Waals surface area (Å²) >= 11 is 0. The van der Waals surface area contributed by atoms with Crippen LogP contribution in [0.5, 0.6) is 0 Å². The quantitative estimate of drug-likeness (QED) is 0.912. The summed E-state index contributed by atoms with van der Waals surface area (Å²) in [7, 11) is 0. The van der Waals surface area contributed by atoms with Gasteiger partial charge in [-0.2, -0.15) is 5.26 Å². The second-order valence-corrected chi connectivity index (χ2v) is 6.93. The molecule has 0 bridgehead atoms. The molecule has 23 heavy (non-hydrogen) atoms. The summed E-state index contributed by atoms with van der Waals surface area (Å²) in [5, 5.41) is 11.8. The van der Waals surface area contributed by atoms with Crippen LogP contribution in [-0.4, -0.2) is 54.1 Å². The van der Waals surface area contributed by atoms with E-state index in [2.05, 4.69) is 26.2 Å². The lowest BCUT2D eigenvalue weighted by Gasteiger charge is -2.25. The number of hydrogen-bond donors (Lipinski definition) is 1. The van der Waals surface area contributed by atoms with E-state index in [0.29, 0.717) is 12.1 Å². The summed E-state index contributed by atoms with van der Waals surface area (Å²) in [6.07, 6.45) is 2.60. The van der Waals surface area contributed by atoms with E-state index in [0.717, 1.165) is 38.4 Å². The Hall–Kier alpha value is -2.13. The zero-order valence-electron chi connectivity index (χ0n) is 14.2. The summed E-state index contributed by atoms with van der Waals surface area (Å²) in [5.41, 5.74) is 0.380. The van der Waals surface area contributed by atoms with Crippen LogP contribution in [0, 0.1) is 11.3 Å². The molecule has 2 heterocycles. The molecule has 1 amide bonds. The molecule has 1 fully saturated rings. The fraction of sp³-hybridized carbons (Fsp3) is 0.588. The van der Waals surface area contributed by atoms with Gasteiger partial charge in [-0.05, 0) is 39.3 Å². The largest absolute Gasteiger partial charge is 0.355 e. The average Bonchev–Trinajstić information content (AvgIpc) is 2.71. The molecule has 124 valence electrons. The molecule has 0 spiro atoms. The Balaban J connectivity index is 1.89. The summed E-state index contributed by atoms with van der Waals surface area (Å²) < 4.78 is 0. The maximum Gasteiger partial charge on any atom is 0.234 e. The first-order valence-corrected chi connectivity index (χ1v) is 8.02. The number of rotatable bonds is 3. The predicted molar refractivity (Wildman–Crippen MR) is 90.1 cm³/mol. The van der Waals surface area contributed by atoms with Crippen LogP contribution in [0.25, 0.3) is 0 Å². The molecule has 1 N–H and O–H groups in total. The van der Waals surface area contributed by atoms with Gasteiger partial charge in [0.05, 0.1) is 12.1 Å². The molecule has 0 aliphatic carbocycles. The summed E-state index contributed by atoms with van der Waals surface area (Å²) in [4.78, 5) is 20.8. The Morgan fingerprint density at radius 2 is 2.09 bits per heavy atom. The topological polar surface area (TPSA) is 72.3 Å². The Bertz CT molecular complexity index is 570. The van der Waals surface area contributed by atoms with E-state index in [1.54, 1.807) is 12.3 Å². The van der Waals surface area contributed by atoms with Crippen molar-refractivity contribution in [2.24, 2.45) is 0 Å². The van der Waals surface area contributed by atoms with Crippen LogP contribution >= 0.6 is 0 Å². The molecule has 1 saturated heterocycles. The smallest absolute Gasteiger partial charge is 0.234 e. The minimum Gasteiger partial charge on any atom is -0.355 e. The highest BCUT2D eigenvalue weighted by Crippen LogP contribution is 2.14. The maximum absolute atomic E-state index is 12.1. The second-order valence-electron chi connectivity index (χ2n) is 6.93. The van der Waals surface area contributed by atoms with Gasteiger partial charge in [-0.3, -0.25) is 9.69 Å². The fourth-order valence-corrected chi connectivity index (χ4v) is 2.66. The van der Waals surface area contributed by atoms with Crippen LogP contribution in [0.2, 0.25) is 0 Å². The van der Waals surface area contributed by atoms with Crippen molar-refractivity contribution >= 4 is 11.7 Å². The maximum atomic E-state index is 12.1. The molecule has 6 heteroatoms. The highest BCUT2D eigenvalue weighted by Gasteiger charge is 2.20. The highest BCUT2D eigenvalue weighted by atomic mass is 16.2. The van der Waals surface area contributed by atoms with Crippen LogP contribution in [0.3, 0.4) is 0 Å². The van der Waals surface area contributed by atoms with Crippen LogP contribution < -0.4 is 10.2 Å². The molecule has 1 aromatic rings. The minimum atomic E-state index is -0.193. The average molecular weight is 315 g/mol. The van der Waals surface area contributed by atoms with E-state index in [1.807, 2.05) is 26.8 Å². The molecule has 0 aromatic carbocycles. The third kappa shape index (κ3) is 5.53. The van der Waals surface area contributed by atoms with Crippen molar-refractivity contribution in [3.8, 4) is 6.07 Å². The number of nitrogens with zero attached hydrogens (tertiary/aromatic N) is 4. The number of pyridine rings is 1. The number of nitriles is 1. The van der Waals surface area contributed by atoms with Gasteiger partial charge in [0, 0.05) is 37.9 Å². The number of hydrogen-bond acceptors (Lipinski definition) is 5. The molecule has 0 radical (unpaired) electrons. The molecule has 0 unspecified atom stereocenters. The highest BCUT2D eigenvalue weighted by molar-refractivity contribution is 5.78. The summed E-state index contributed by atoms with van der Waals surface area (Å²) in [5.74, 6) is 0.965. The van der Waals surface area contributed by atoms with Crippen molar-refractivity contribution in [3.05, 3.63) is 23.9 Å². The van der Waals surface area contributed by atoms with Gasteiger partial charge in [0.15, 0.2) is 0 Å². The Morgan fingerprint density at radius 1 is 1.30 bits per heavy atom. The number of amides is 1. The van der Waals surface area contributed by atoms with Crippen molar-refractivity contribution in [3.63, 3.8) is 0 Å². The number of aromatic nitrogens is 1. The molecule has 6 nitrogen and oxygen atoms in total. The van der Waals surface area contributed by atoms with Gasteiger partial charge in [-0.25, -0.2) is 4.98 Å². The normalized spacial score (nSPS) is 16.5. The van der Waals surface area contributed by atoms with Gasteiger partial charge >= 0.3 is 0 Å². The van der Waals surface area contributed by atoms with Gasteiger partial charge in [0.1, 0.15) is 11.9 Å². The van der Waals surface area contributed by atoms with Crippen molar-refractivity contribution in [2.45, 2.75) is 32.7 Å². The van der Waals surface area contributed by atoms with E-state index in [4.69, 9.17) is 5.26 Å². The second kappa shape index (κ2) is 7.42. The first-order chi connectivity index (χ1) is 10.9. The van der Waals surface area contributed by atoms with E-state index in [-0.39, 0.29) is 11.4 Å². The van der Waals surface area contributed by atoms with E-state index in [1.165, 1.54) is 0 Å². The molecular weight excluding hydrogens is 290 g/mol. The Labute approximate surface area is 138 Å². The van der Waals surface area contributed by atoms with Crippen LogP contribution in [0.4, 0.5) is 5.82 Å². The fourth-order valence-electron chi connectivity index (χ4n) is 2.66. The Morgan fingerprint density at radius 3 is 2.70 bits per heavy atom. The number of carbonyl (C=O) groups is 1. The van der Waals surface area contributed by atoms with Crippen LogP contribution in [-0.2, 0) is 4.79 Å². The number of carbonyl (C=O) groups excluding carboxylic acids is 1. The minimum absolute atomic E-state index is 0.0717. The zero-order valence-corrected chi connectivity index (χ0v) is 14.2. The molecular formula is C17H25N5O. The van der Waals surface area contributed by atoms with Gasteiger partial charge < -0.3 is 10.2 Å². The molecule has 1 aliphatic heterocycles. The third-order valence-electron chi connectivity index (χ3n) is 3.67. The van der Waals surface area contributed by atoms with Crippen LogP contribution in [0.1, 0.15) is 32.8 Å². The SMILES string of the molecule is CC(C)(C)NC(=O)CN1CCCN(c2ccc(C#N)cn2)CC1. The lowest BCUT2D eigenvalue weighted by Crippen LogP contribution is -2.46. The van der Waals surface area contributed by atoms with Crippen LogP contribution in [0.15, 0.2) is 18.3 Å².